The third-order valence-corrected chi connectivity index (χ3v) is 4.53. The molecule has 1 heterocycles. The van der Waals surface area contributed by atoms with E-state index in [0.717, 1.165) is 11.3 Å². The van der Waals surface area contributed by atoms with Crippen LogP contribution in [0.4, 0.5) is 0 Å². The second-order valence-corrected chi connectivity index (χ2v) is 6.30. The standard InChI is InChI=1S/C17H22N4O4S/c1-4-25-16(23)9-14-19-20-17(21(14)2)26-11-15(22)18-10-12-5-7-13(24-3)8-6-12/h5-8H,4,9-11H2,1-3H3,(H,18,22). The second-order valence-electron chi connectivity index (χ2n) is 5.35. The summed E-state index contributed by atoms with van der Waals surface area (Å²) in [7, 11) is 3.37. The van der Waals surface area contributed by atoms with Crippen LogP contribution in [-0.4, -0.2) is 46.1 Å². The molecule has 1 N–H and O–H groups in total. The molecule has 0 atom stereocenters. The van der Waals surface area contributed by atoms with Crippen LogP contribution in [0.1, 0.15) is 18.3 Å². The number of methoxy groups -OCH3 is 1. The van der Waals surface area contributed by atoms with Gasteiger partial charge in [-0.3, -0.25) is 9.59 Å². The lowest BCUT2D eigenvalue weighted by Gasteiger charge is -2.06. The number of amides is 1. The van der Waals surface area contributed by atoms with Gasteiger partial charge < -0.3 is 19.4 Å². The molecule has 2 rings (SSSR count). The van der Waals surface area contributed by atoms with Gasteiger partial charge in [0.2, 0.25) is 5.91 Å². The third kappa shape index (κ3) is 5.76. The van der Waals surface area contributed by atoms with Crippen molar-refractivity contribution in [3.8, 4) is 5.75 Å². The zero-order valence-corrected chi connectivity index (χ0v) is 15.8. The van der Waals surface area contributed by atoms with E-state index in [1.54, 1.807) is 25.6 Å². The molecule has 9 heteroatoms. The molecular weight excluding hydrogens is 356 g/mol. The average molecular weight is 378 g/mol. The van der Waals surface area contributed by atoms with Crippen molar-refractivity contribution in [2.75, 3.05) is 19.5 Å². The van der Waals surface area contributed by atoms with Gasteiger partial charge in [0.05, 0.1) is 19.5 Å². The molecule has 1 aromatic carbocycles. The third-order valence-electron chi connectivity index (χ3n) is 3.51. The average Bonchev–Trinajstić information content (AvgIpc) is 2.98. The lowest BCUT2D eigenvalue weighted by atomic mass is 10.2. The van der Waals surface area contributed by atoms with Gasteiger partial charge >= 0.3 is 5.97 Å². The van der Waals surface area contributed by atoms with Crippen molar-refractivity contribution >= 4 is 23.6 Å². The number of hydrogen-bond acceptors (Lipinski definition) is 7. The summed E-state index contributed by atoms with van der Waals surface area (Å²) in [5.74, 6) is 1.03. The Bertz CT molecular complexity index is 746. The fourth-order valence-corrected chi connectivity index (χ4v) is 2.85. The minimum absolute atomic E-state index is 0.0571. The Morgan fingerprint density at radius 2 is 1.96 bits per heavy atom. The Morgan fingerprint density at radius 3 is 2.62 bits per heavy atom. The summed E-state index contributed by atoms with van der Waals surface area (Å²) in [5, 5.41) is 11.4. The Morgan fingerprint density at radius 1 is 1.23 bits per heavy atom. The molecule has 0 spiro atoms. The van der Waals surface area contributed by atoms with Crippen molar-refractivity contribution in [3.63, 3.8) is 0 Å². The summed E-state index contributed by atoms with van der Waals surface area (Å²) >= 11 is 1.26. The smallest absolute Gasteiger partial charge is 0.313 e. The zero-order chi connectivity index (χ0) is 18.9. The fourth-order valence-electron chi connectivity index (χ4n) is 2.09. The van der Waals surface area contributed by atoms with Crippen LogP contribution >= 0.6 is 11.8 Å². The number of hydrogen-bond donors (Lipinski definition) is 1. The summed E-state index contributed by atoms with van der Waals surface area (Å²) in [6.07, 6.45) is 0.0571. The topological polar surface area (TPSA) is 95.3 Å². The Hall–Kier alpha value is -2.55. The molecule has 0 unspecified atom stereocenters. The molecular formula is C17H22N4O4S. The van der Waals surface area contributed by atoms with Crippen LogP contribution in [0.5, 0.6) is 5.75 Å². The molecule has 0 radical (unpaired) electrons. The number of ether oxygens (including phenoxy) is 2. The molecule has 0 saturated heterocycles. The van der Waals surface area contributed by atoms with Crippen molar-refractivity contribution in [1.29, 1.82) is 0 Å². The van der Waals surface area contributed by atoms with Crippen LogP contribution in [-0.2, 0) is 34.3 Å². The van der Waals surface area contributed by atoms with Gasteiger partial charge in [-0.25, -0.2) is 0 Å². The van der Waals surface area contributed by atoms with E-state index in [0.29, 0.717) is 24.1 Å². The van der Waals surface area contributed by atoms with Gasteiger partial charge in [0.15, 0.2) is 5.16 Å². The maximum absolute atomic E-state index is 12.0. The van der Waals surface area contributed by atoms with Gasteiger partial charge in [-0.1, -0.05) is 23.9 Å². The Labute approximate surface area is 156 Å². The maximum Gasteiger partial charge on any atom is 0.313 e. The molecule has 0 aliphatic rings. The van der Waals surface area contributed by atoms with Crippen LogP contribution < -0.4 is 10.1 Å². The largest absolute Gasteiger partial charge is 0.497 e. The first-order valence-corrected chi connectivity index (χ1v) is 9.08. The molecule has 8 nitrogen and oxygen atoms in total. The number of carbonyl (C=O) groups excluding carboxylic acids is 2. The number of aromatic nitrogens is 3. The van der Waals surface area contributed by atoms with E-state index in [9.17, 15) is 9.59 Å². The Balaban J connectivity index is 1.79. The van der Waals surface area contributed by atoms with E-state index in [1.807, 2.05) is 24.3 Å². The highest BCUT2D eigenvalue weighted by molar-refractivity contribution is 7.99. The number of nitrogens with zero attached hydrogens (tertiary/aromatic N) is 3. The number of esters is 1. The van der Waals surface area contributed by atoms with Crippen molar-refractivity contribution in [2.24, 2.45) is 7.05 Å². The SMILES string of the molecule is CCOC(=O)Cc1nnc(SCC(=O)NCc2ccc(OC)cc2)n1C. The minimum atomic E-state index is -0.350. The van der Waals surface area contributed by atoms with Gasteiger partial charge in [-0.15, -0.1) is 10.2 Å². The molecule has 0 fully saturated rings. The fraction of sp³-hybridized carbons (Fsp3) is 0.412. The van der Waals surface area contributed by atoms with Crippen molar-refractivity contribution in [1.82, 2.24) is 20.1 Å². The van der Waals surface area contributed by atoms with Gasteiger partial charge in [0.1, 0.15) is 18.0 Å². The highest BCUT2D eigenvalue weighted by Gasteiger charge is 2.14. The highest BCUT2D eigenvalue weighted by Crippen LogP contribution is 2.16. The molecule has 0 aliphatic heterocycles. The monoisotopic (exact) mass is 378 g/mol. The van der Waals surface area contributed by atoms with Gasteiger partial charge in [0.25, 0.3) is 0 Å². The summed E-state index contributed by atoms with van der Waals surface area (Å²) < 4.78 is 11.7. The van der Waals surface area contributed by atoms with Gasteiger partial charge in [-0.05, 0) is 24.6 Å². The summed E-state index contributed by atoms with van der Waals surface area (Å²) in [5.41, 5.74) is 0.986. The first-order valence-electron chi connectivity index (χ1n) is 8.09. The van der Waals surface area contributed by atoms with Crippen molar-refractivity contribution in [2.45, 2.75) is 25.0 Å². The predicted molar refractivity (Wildman–Crippen MR) is 96.9 cm³/mol. The minimum Gasteiger partial charge on any atom is -0.497 e. The second kappa shape index (κ2) is 9.81. The summed E-state index contributed by atoms with van der Waals surface area (Å²) in [4.78, 5) is 23.5. The maximum atomic E-state index is 12.0. The Kier molecular flexibility index (Phi) is 7.46. The summed E-state index contributed by atoms with van der Waals surface area (Å²) in [6.45, 7) is 2.52. The van der Waals surface area contributed by atoms with E-state index < -0.39 is 0 Å². The first kappa shape index (κ1) is 19.8. The molecule has 26 heavy (non-hydrogen) atoms. The highest BCUT2D eigenvalue weighted by atomic mass is 32.2. The quantitative estimate of drug-likeness (QED) is 0.520. The van der Waals surface area contributed by atoms with Crippen LogP contribution in [0.2, 0.25) is 0 Å². The van der Waals surface area contributed by atoms with E-state index in [2.05, 4.69) is 15.5 Å². The number of thioether (sulfide) groups is 1. The lowest BCUT2D eigenvalue weighted by Crippen LogP contribution is -2.24. The van der Waals surface area contributed by atoms with Gasteiger partial charge in [-0.2, -0.15) is 0 Å². The van der Waals surface area contributed by atoms with Crippen molar-refractivity contribution in [3.05, 3.63) is 35.7 Å². The first-order chi connectivity index (χ1) is 12.5. The van der Waals surface area contributed by atoms with E-state index in [1.165, 1.54) is 11.8 Å². The van der Waals surface area contributed by atoms with Crippen LogP contribution in [0.25, 0.3) is 0 Å². The van der Waals surface area contributed by atoms with Crippen LogP contribution in [0.15, 0.2) is 29.4 Å². The van der Waals surface area contributed by atoms with E-state index in [4.69, 9.17) is 9.47 Å². The molecule has 0 bridgehead atoms. The van der Waals surface area contributed by atoms with Crippen LogP contribution in [0.3, 0.4) is 0 Å². The molecule has 0 aliphatic carbocycles. The van der Waals surface area contributed by atoms with E-state index in [-0.39, 0.29) is 24.1 Å². The predicted octanol–water partition coefficient (Wildman–Crippen LogP) is 1.34. The van der Waals surface area contributed by atoms with Crippen molar-refractivity contribution < 1.29 is 19.1 Å². The zero-order valence-electron chi connectivity index (χ0n) is 15.0. The van der Waals surface area contributed by atoms with Gasteiger partial charge in [0, 0.05) is 13.6 Å². The van der Waals surface area contributed by atoms with E-state index >= 15 is 0 Å². The molecule has 1 aromatic heterocycles. The summed E-state index contributed by atoms with van der Waals surface area (Å²) in [6, 6.07) is 7.49. The number of carbonyl (C=O) groups is 2. The molecule has 0 saturated carbocycles. The number of rotatable bonds is 9. The normalized spacial score (nSPS) is 10.4. The van der Waals surface area contributed by atoms with Crippen LogP contribution in [0, 0.1) is 0 Å². The lowest BCUT2D eigenvalue weighted by molar-refractivity contribution is -0.142. The number of benzene rings is 1. The molecule has 2 aromatic rings. The molecule has 140 valence electrons. The molecule has 1 amide bonds. The number of nitrogens with one attached hydrogen (secondary N) is 1.